The monoisotopic (exact) mass is 352 g/mol. The molecule has 26 heavy (non-hydrogen) atoms. The molecule has 1 aromatic rings. The Balaban J connectivity index is 1.51. The summed E-state index contributed by atoms with van der Waals surface area (Å²) in [5.41, 5.74) is 0.802. The molecule has 3 aliphatic rings. The predicted octanol–water partition coefficient (Wildman–Crippen LogP) is 4.00. The van der Waals surface area contributed by atoms with E-state index < -0.39 is 0 Å². The zero-order valence-electron chi connectivity index (χ0n) is 15.3. The summed E-state index contributed by atoms with van der Waals surface area (Å²) in [6.07, 6.45) is 11.9. The predicted molar refractivity (Wildman–Crippen MR) is 103 cm³/mol. The minimum absolute atomic E-state index is 0.0191. The maximum Gasteiger partial charge on any atom is 0.228 e. The normalized spacial score (nSPS) is 29.3. The van der Waals surface area contributed by atoms with Gasteiger partial charge in [-0.05, 0) is 43.7 Å². The maximum atomic E-state index is 13.3. The van der Waals surface area contributed by atoms with Gasteiger partial charge in [-0.2, -0.15) is 0 Å². The third kappa shape index (κ3) is 3.42. The third-order valence-electron chi connectivity index (χ3n) is 6.33. The van der Waals surface area contributed by atoms with Gasteiger partial charge in [-0.15, -0.1) is 0 Å². The van der Waals surface area contributed by atoms with Crippen molar-refractivity contribution in [3.63, 3.8) is 0 Å². The Kier molecular flexibility index (Phi) is 5.09. The van der Waals surface area contributed by atoms with E-state index in [0.717, 1.165) is 31.5 Å². The van der Waals surface area contributed by atoms with Crippen molar-refractivity contribution in [1.82, 2.24) is 4.90 Å². The van der Waals surface area contributed by atoms with Gasteiger partial charge in [-0.25, -0.2) is 0 Å². The molecule has 1 saturated carbocycles. The molecule has 2 amide bonds. The average Bonchev–Trinajstić information content (AvgIpc) is 2.69. The van der Waals surface area contributed by atoms with Crippen molar-refractivity contribution >= 4 is 17.5 Å². The second kappa shape index (κ2) is 7.65. The van der Waals surface area contributed by atoms with Crippen LogP contribution < -0.4 is 5.32 Å². The van der Waals surface area contributed by atoms with Gasteiger partial charge < -0.3 is 10.2 Å². The van der Waals surface area contributed by atoms with E-state index in [1.54, 1.807) is 0 Å². The van der Waals surface area contributed by atoms with E-state index in [0.29, 0.717) is 12.5 Å². The zero-order valence-corrected chi connectivity index (χ0v) is 15.3. The maximum absolute atomic E-state index is 13.3. The Morgan fingerprint density at radius 2 is 1.81 bits per heavy atom. The molecular formula is C22H28N2O2. The number of hydrogen-bond acceptors (Lipinski definition) is 2. The number of para-hydroxylation sites is 1. The smallest absolute Gasteiger partial charge is 0.228 e. The van der Waals surface area contributed by atoms with Crippen LogP contribution >= 0.6 is 0 Å². The van der Waals surface area contributed by atoms with Crippen LogP contribution in [0, 0.1) is 17.8 Å². The highest BCUT2D eigenvalue weighted by atomic mass is 16.2. The van der Waals surface area contributed by atoms with Crippen LogP contribution in [0.25, 0.3) is 0 Å². The summed E-state index contributed by atoms with van der Waals surface area (Å²) >= 11 is 0. The van der Waals surface area contributed by atoms with E-state index in [9.17, 15) is 9.59 Å². The molecule has 1 N–H and O–H groups in total. The number of carbonyl (C=O) groups is 2. The highest BCUT2D eigenvalue weighted by Crippen LogP contribution is 2.39. The Morgan fingerprint density at radius 1 is 1.04 bits per heavy atom. The number of allylic oxidation sites excluding steroid dienone is 2. The molecule has 0 radical (unpaired) electrons. The number of nitrogens with one attached hydrogen (secondary N) is 1. The Hall–Kier alpha value is -2.10. The van der Waals surface area contributed by atoms with Gasteiger partial charge in [0, 0.05) is 18.3 Å². The summed E-state index contributed by atoms with van der Waals surface area (Å²) in [5.74, 6) is -0.0498. The molecule has 0 spiro atoms. The largest absolute Gasteiger partial charge is 0.339 e. The highest BCUT2D eigenvalue weighted by Gasteiger charge is 2.46. The summed E-state index contributed by atoms with van der Waals surface area (Å²) in [6, 6.07) is 9.93. The molecule has 1 saturated heterocycles. The number of hydrogen-bond donors (Lipinski definition) is 1. The van der Waals surface area contributed by atoms with Crippen LogP contribution in [0.4, 0.5) is 5.69 Å². The van der Waals surface area contributed by atoms with E-state index in [1.165, 1.54) is 19.3 Å². The fraction of sp³-hybridized carbons (Fsp3) is 0.545. The Bertz CT molecular complexity index is 679. The molecule has 2 aliphatic carbocycles. The molecule has 1 aromatic carbocycles. The number of nitrogens with zero attached hydrogens (tertiary/aromatic N) is 1. The molecule has 138 valence electrons. The first-order valence-corrected chi connectivity index (χ1v) is 10.1. The van der Waals surface area contributed by atoms with Crippen LogP contribution in [-0.4, -0.2) is 29.3 Å². The van der Waals surface area contributed by atoms with Gasteiger partial charge in [-0.1, -0.05) is 49.6 Å². The van der Waals surface area contributed by atoms with Crippen LogP contribution in [0.3, 0.4) is 0 Å². The second-order valence-corrected chi connectivity index (χ2v) is 7.93. The highest BCUT2D eigenvalue weighted by molar-refractivity contribution is 5.96. The van der Waals surface area contributed by atoms with E-state index in [-0.39, 0.29) is 29.6 Å². The molecule has 1 heterocycles. The third-order valence-corrected chi connectivity index (χ3v) is 6.33. The fourth-order valence-corrected chi connectivity index (χ4v) is 4.97. The van der Waals surface area contributed by atoms with Crippen LogP contribution in [0.1, 0.15) is 44.9 Å². The van der Waals surface area contributed by atoms with Gasteiger partial charge in [0.15, 0.2) is 0 Å². The number of likely N-dealkylation sites (tertiary alicyclic amines) is 1. The molecule has 0 aromatic heterocycles. The minimum atomic E-state index is -0.260. The van der Waals surface area contributed by atoms with E-state index in [1.807, 2.05) is 30.3 Å². The molecule has 4 nitrogen and oxygen atoms in total. The van der Waals surface area contributed by atoms with Crippen molar-refractivity contribution in [2.75, 3.05) is 11.9 Å². The lowest BCUT2D eigenvalue weighted by atomic mass is 9.70. The Morgan fingerprint density at radius 3 is 2.58 bits per heavy atom. The lowest BCUT2D eigenvalue weighted by Crippen LogP contribution is -2.54. The van der Waals surface area contributed by atoms with Gasteiger partial charge in [0.25, 0.3) is 0 Å². The summed E-state index contributed by atoms with van der Waals surface area (Å²) in [7, 11) is 0. The molecule has 4 heteroatoms. The summed E-state index contributed by atoms with van der Waals surface area (Å²) in [5, 5.41) is 3.02. The molecule has 2 fully saturated rings. The molecule has 3 atom stereocenters. The van der Waals surface area contributed by atoms with E-state index in [2.05, 4.69) is 22.4 Å². The quantitative estimate of drug-likeness (QED) is 0.836. The first-order valence-electron chi connectivity index (χ1n) is 10.1. The second-order valence-electron chi connectivity index (χ2n) is 7.93. The van der Waals surface area contributed by atoms with Crippen molar-refractivity contribution in [2.45, 2.75) is 51.0 Å². The van der Waals surface area contributed by atoms with Crippen molar-refractivity contribution in [1.29, 1.82) is 0 Å². The SMILES string of the molecule is O=C(Nc1ccccc1)[C@H]1CC=CC2CCN(C3CCCCC3)C(=O)C21. The van der Waals surface area contributed by atoms with Gasteiger partial charge in [0.1, 0.15) is 0 Å². The van der Waals surface area contributed by atoms with Gasteiger partial charge in [0.05, 0.1) is 11.8 Å². The van der Waals surface area contributed by atoms with Crippen LogP contribution in [-0.2, 0) is 9.59 Å². The van der Waals surface area contributed by atoms with Gasteiger partial charge in [0.2, 0.25) is 11.8 Å². The van der Waals surface area contributed by atoms with Crippen molar-refractivity contribution in [3.05, 3.63) is 42.5 Å². The number of piperidine rings is 1. The molecule has 2 unspecified atom stereocenters. The minimum Gasteiger partial charge on any atom is -0.339 e. The van der Waals surface area contributed by atoms with Crippen molar-refractivity contribution < 1.29 is 9.59 Å². The Labute approximate surface area is 155 Å². The molecule has 4 rings (SSSR count). The van der Waals surface area contributed by atoms with E-state index in [4.69, 9.17) is 0 Å². The van der Waals surface area contributed by atoms with E-state index >= 15 is 0 Å². The average molecular weight is 352 g/mol. The lowest BCUT2D eigenvalue weighted by Gasteiger charge is -2.45. The molecule has 1 aliphatic heterocycles. The summed E-state index contributed by atoms with van der Waals surface area (Å²) in [4.78, 5) is 28.4. The molecular weight excluding hydrogens is 324 g/mol. The summed E-state index contributed by atoms with van der Waals surface area (Å²) in [6.45, 7) is 0.849. The number of anilines is 1. The number of carbonyl (C=O) groups excluding carboxylic acids is 2. The summed E-state index contributed by atoms with van der Waals surface area (Å²) < 4.78 is 0. The topological polar surface area (TPSA) is 49.4 Å². The van der Waals surface area contributed by atoms with Crippen LogP contribution in [0.2, 0.25) is 0 Å². The number of fused-ring (bicyclic) bond motifs is 1. The number of amides is 2. The van der Waals surface area contributed by atoms with Crippen molar-refractivity contribution in [2.24, 2.45) is 17.8 Å². The van der Waals surface area contributed by atoms with Gasteiger partial charge >= 0.3 is 0 Å². The zero-order chi connectivity index (χ0) is 17.9. The van der Waals surface area contributed by atoms with Crippen molar-refractivity contribution in [3.8, 4) is 0 Å². The van der Waals surface area contributed by atoms with Gasteiger partial charge in [-0.3, -0.25) is 9.59 Å². The first-order chi connectivity index (χ1) is 12.7. The standard InChI is InChI=1S/C22H28N2O2/c25-21(23-17-9-3-1-4-10-17)19-13-7-8-16-14-15-24(22(26)20(16)19)18-11-5-2-6-12-18/h1,3-4,7-10,16,18-20H,2,5-6,11-15H2,(H,23,25)/t16?,19-,20?/m0/s1. The van der Waals surface area contributed by atoms with Crippen LogP contribution in [0.5, 0.6) is 0 Å². The molecule has 0 bridgehead atoms. The number of benzene rings is 1. The number of rotatable bonds is 3. The van der Waals surface area contributed by atoms with Crippen LogP contribution in [0.15, 0.2) is 42.5 Å². The first kappa shape index (κ1) is 17.3. The fourth-order valence-electron chi connectivity index (χ4n) is 4.97. The lowest BCUT2D eigenvalue weighted by molar-refractivity contribution is -0.149.